The van der Waals surface area contributed by atoms with E-state index in [9.17, 15) is 5.11 Å². The largest absolute Gasteiger partial charge is 0.396 e. The van der Waals surface area contributed by atoms with Crippen LogP contribution >= 0.6 is 0 Å². The van der Waals surface area contributed by atoms with Crippen LogP contribution in [-0.2, 0) is 0 Å². The molecule has 0 spiro atoms. The summed E-state index contributed by atoms with van der Waals surface area (Å²) in [5, 5.41) is 9.43. The summed E-state index contributed by atoms with van der Waals surface area (Å²) in [5.41, 5.74) is 3.67. The molecule has 0 aromatic rings. The molecule has 80 valence electrons. The van der Waals surface area contributed by atoms with Gasteiger partial charge in [0.2, 0.25) is 0 Å². The van der Waals surface area contributed by atoms with Crippen LogP contribution < -0.4 is 0 Å². The van der Waals surface area contributed by atoms with E-state index >= 15 is 0 Å². The van der Waals surface area contributed by atoms with Gasteiger partial charge in [-0.05, 0) is 43.9 Å². The second kappa shape index (κ2) is 3.69. The molecule has 1 atom stereocenters. The average molecular weight is 194 g/mol. The maximum Gasteiger partial charge on any atom is 0.0496 e. The van der Waals surface area contributed by atoms with Crippen molar-refractivity contribution in [3.63, 3.8) is 0 Å². The Labute approximate surface area is 87.2 Å². The fourth-order valence-electron chi connectivity index (χ4n) is 3.48. The van der Waals surface area contributed by atoms with Crippen molar-refractivity contribution in [1.82, 2.24) is 0 Å². The molecule has 2 aliphatic carbocycles. The van der Waals surface area contributed by atoms with E-state index in [1.54, 1.807) is 11.1 Å². The lowest BCUT2D eigenvalue weighted by Gasteiger charge is -2.42. The lowest BCUT2D eigenvalue weighted by molar-refractivity contribution is 0.195. The van der Waals surface area contributed by atoms with E-state index in [1.807, 2.05) is 0 Å². The van der Waals surface area contributed by atoms with Crippen LogP contribution in [0.4, 0.5) is 0 Å². The molecule has 0 radical (unpaired) electrons. The Hall–Kier alpha value is -0.300. The third-order valence-corrected chi connectivity index (χ3v) is 4.05. The highest BCUT2D eigenvalue weighted by atomic mass is 16.3. The molecule has 0 bridgehead atoms. The zero-order chi connectivity index (χ0) is 10.2. The first kappa shape index (κ1) is 10.2. The summed E-state index contributed by atoms with van der Waals surface area (Å²) in [6.07, 6.45) is 7.76. The first-order valence-corrected chi connectivity index (χ1v) is 5.98. The molecule has 0 aliphatic heterocycles. The Bertz CT molecular complexity index is 246. The minimum atomic E-state index is 0.363. The molecular formula is C13H22O. The molecule has 1 heteroatoms. The quantitative estimate of drug-likeness (QED) is 0.635. The monoisotopic (exact) mass is 194 g/mol. The molecule has 0 fully saturated rings. The molecule has 1 unspecified atom stereocenters. The fraction of sp³-hybridized carbons (Fsp3) is 0.846. The standard InChI is InChI=1S/C13H22O/c1-13(2)8-4-7-10-5-3-6-11(9-14)12(10)13/h11,14H,3-9H2,1-2H3. The Balaban J connectivity index is 2.35. The zero-order valence-corrected chi connectivity index (χ0v) is 9.47. The van der Waals surface area contributed by atoms with Crippen molar-refractivity contribution in [2.45, 2.75) is 52.4 Å². The van der Waals surface area contributed by atoms with Crippen molar-refractivity contribution < 1.29 is 5.11 Å². The highest BCUT2D eigenvalue weighted by Gasteiger charge is 2.35. The molecule has 1 nitrogen and oxygen atoms in total. The number of rotatable bonds is 1. The van der Waals surface area contributed by atoms with Crippen LogP contribution in [0.25, 0.3) is 0 Å². The lowest BCUT2D eigenvalue weighted by atomic mass is 9.64. The summed E-state index contributed by atoms with van der Waals surface area (Å²) in [6.45, 7) is 5.08. The van der Waals surface area contributed by atoms with Crippen LogP contribution in [0.3, 0.4) is 0 Å². The molecule has 0 heterocycles. The summed E-state index contributed by atoms with van der Waals surface area (Å²) in [6, 6.07) is 0. The van der Waals surface area contributed by atoms with Gasteiger partial charge in [-0.25, -0.2) is 0 Å². The molecule has 2 aliphatic rings. The molecule has 1 N–H and O–H groups in total. The highest BCUT2D eigenvalue weighted by molar-refractivity contribution is 5.28. The van der Waals surface area contributed by atoms with Gasteiger partial charge in [0.15, 0.2) is 0 Å². The number of hydrogen-bond donors (Lipinski definition) is 1. The van der Waals surface area contributed by atoms with Gasteiger partial charge in [0.05, 0.1) is 0 Å². The van der Waals surface area contributed by atoms with Gasteiger partial charge in [-0.3, -0.25) is 0 Å². The SMILES string of the molecule is CC1(C)CCCC2=C1C(CO)CCC2. The van der Waals surface area contributed by atoms with Crippen LogP contribution in [0.1, 0.15) is 52.4 Å². The minimum Gasteiger partial charge on any atom is -0.396 e. The van der Waals surface area contributed by atoms with Crippen molar-refractivity contribution in [2.24, 2.45) is 11.3 Å². The summed E-state index contributed by atoms with van der Waals surface area (Å²) in [4.78, 5) is 0. The first-order chi connectivity index (χ1) is 6.65. The molecule has 0 saturated heterocycles. The minimum absolute atomic E-state index is 0.363. The summed E-state index contributed by atoms with van der Waals surface area (Å²) in [7, 11) is 0. The Morgan fingerprint density at radius 1 is 1.29 bits per heavy atom. The van der Waals surface area contributed by atoms with Crippen LogP contribution in [0, 0.1) is 11.3 Å². The van der Waals surface area contributed by atoms with Crippen molar-refractivity contribution in [1.29, 1.82) is 0 Å². The van der Waals surface area contributed by atoms with E-state index < -0.39 is 0 Å². The fourth-order valence-corrected chi connectivity index (χ4v) is 3.48. The topological polar surface area (TPSA) is 20.2 Å². The lowest BCUT2D eigenvalue weighted by Crippen LogP contribution is -2.30. The van der Waals surface area contributed by atoms with E-state index in [-0.39, 0.29) is 0 Å². The second-order valence-electron chi connectivity index (χ2n) is 5.53. The molecular weight excluding hydrogens is 172 g/mol. The first-order valence-electron chi connectivity index (χ1n) is 5.98. The van der Waals surface area contributed by atoms with E-state index in [4.69, 9.17) is 0 Å². The zero-order valence-electron chi connectivity index (χ0n) is 9.47. The molecule has 2 rings (SSSR count). The number of hydrogen-bond acceptors (Lipinski definition) is 1. The third-order valence-electron chi connectivity index (χ3n) is 4.05. The highest BCUT2D eigenvalue weighted by Crippen LogP contribution is 2.48. The summed E-state index contributed by atoms with van der Waals surface area (Å²) in [5.74, 6) is 0.481. The Morgan fingerprint density at radius 2 is 2.00 bits per heavy atom. The number of aliphatic hydroxyl groups is 1. The van der Waals surface area contributed by atoms with E-state index in [0.29, 0.717) is 17.9 Å². The van der Waals surface area contributed by atoms with Gasteiger partial charge in [-0.15, -0.1) is 0 Å². The average Bonchev–Trinajstić information content (AvgIpc) is 2.16. The van der Waals surface area contributed by atoms with Gasteiger partial charge in [0.1, 0.15) is 0 Å². The van der Waals surface area contributed by atoms with Crippen molar-refractivity contribution in [3.8, 4) is 0 Å². The predicted octanol–water partition coefficient (Wildman–Crippen LogP) is 3.29. The number of aliphatic hydroxyl groups excluding tert-OH is 1. The predicted molar refractivity (Wildman–Crippen MR) is 59.1 cm³/mol. The van der Waals surface area contributed by atoms with Gasteiger partial charge in [0, 0.05) is 12.5 Å². The van der Waals surface area contributed by atoms with Crippen LogP contribution in [-0.4, -0.2) is 11.7 Å². The van der Waals surface area contributed by atoms with Gasteiger partial charge in [-0.2, -0.15) is 0 Å². The Kier molecular flexibility index (Phi) is 2.70. The van der Waals surface area contributed by atoms with E-state index in [1.165, 1.54) is 38.5 Å². The third kappa shape index (κ3) is 1.63. The maximum absolute atomic E-state index is 9.43. The van der Waals surface area contributed by atoms with Crippen molar-refractivity contribution in [3.05, 3.63) is 11.1 Å². The Morgan fingerprint density at radius 3 is 2.71 bits per heavy atom. The maximum atomic E-state index is 9.43. The van der Waals surface area contributed by atoms with Gasteiger partial charge < -0.3 is 5.11 Å². The van der Waals surface area contributed by atoms with Gasteiger partial charge in [-0.1, -0.05) is 25.0 Å². The second-order valence-corrected chi connectivity index (χ2v) is 5.53. The number of allylic oxidation sites excluding steroid dienone is 1. The van der Waals surface area contributed by atoms with Gasteiger partial charge in [0.25, 0.3) is 0 Å². The van der Waals surface area contributed by atoms with Crippen LogP contribution in [0.2, 0.25) is 0 Å². The molecule has 0 amide bonds. The van der Waals surface area contributed by atoms with Crippen molar-refractivity contribution in [2.75, 3.05) is 6.61 Å². The molecule has 14 heavy (non-hydrogen) atoms. The van der Waals surface area contributed by atoms with E-state index in [2.05, 4.69) is 13.8 Å². The normalized spacial score (nSPS) is 31.5. The summed E-state index contributed by atoms with van der Waals surface area (Å²) >= 11 is 0. The molecule has 0 saturated carbocycles. The van der Waals surface area contributed by atoms with E-state index in [0.717, 1.165) is 0 Å². The van der Waals surface area contributed by atoms with Crippen molar-refractivity contribution >= 4 is 0 Å². The van der Waals surface area contributed by atoms with Crippen LogP contribution in [0.5, 0.6) is 0 Å². The van der Waals surface area contributed by atoms with Crippen LogP contribution in [0.15, 0.2) is 11.1 Å². The van der Waals surface area contributed by atoms with Gasteiger partial charge >= 0.3 is 0 Å². The smallest absolute Gasteiger partial charge is 0.0496 e. The molecule has 0 aromatic heterocycles. The summed E-state index contributed by atoms with van der Waals surface area (Å²) < 4.78 is 0. The molecule has 0 aromatic carbocycles.